The van der Waals surface area contributed by atoms with Crippen molar-refractivity contribution in [2.45, 2.75) is 32.6 Å². The lowest BCUT2D eigenvalue weighted by molar-refractivity contribution is 0.631. The lowest BCUT2D eigenvalue weighted by atomic mass is 10.1. The fourth-order valence-corrected chi connectivity index (χ4v) is 1.74. The number of halogens is 1. The Kier molecular flexibility index (Phi) is 9.11. The summed E-state index contributed by atoms with van der Waals surface area (Å²) in [5.41, 5.74) is 1.44. The molecule has 0 atom stereocenters. The van der Waals surface area contributed by atoms with E-state index in [-0.39, 0.29) is 5.82 Å². The van der Waals surface area contributed by atoms with Gasteiger partial charge in [-0.2, -0.15) is 0 Å². The van der Waals surface area contributed by atoms with E-state index in [2.05, 4.69) is 4.98 Å². The summed E-state index contributed by atoms with van der Waals surface area (Å²) in [6.45, 7) is 8.00. The number of aromatic amines is 1. The molecular weight excluding hydrogens is 245 g/mol. The van der Waals surface area contributed by atoms with E-state index in [9.17, 15) is 4.39 Å². The van der Waals surface area contributed by atoms with Crippen LogP contribution in [0.4, 0.5) is 4.39 Å². The van der Waals surface area contributed by atoms with Gasteiger partial charge in [-0.3, -0.25) is 0 Å². The summed E-state index contributed by atoms with van der Waals surface area (Å²) in [7, 11) is 0. The average Bonchev–Trinajstić information content (AvgIpc) is 2.92. The van der Waals surface area contributed by atoms with Gasteiger partial charge in [0.1, 0.15) is 5.82 Å². The third kappa shape index (κ3) is 4.57. The van der Waals surface area contributed by atoms with Crippen molar-refractivity contribution in [3.05, 3.63) is 42.3 Å². The van der Waals surface area contributed by atoms with Gasteiger partial charge in [-0.1, -0.05) is 39.8 Å². The van der Waals surface area contributed by atoms with E-state index in [1.165, 1.54) is 6.07 Å². The monoisotopic (exact) mass is 267 g/mol. The normalized spacial score (nSPS) is 8.78. The number of hydrogen-bond donors (Lipinski definition) is 1. The Labute approximate surface area is 114 Å². The summed E-state index contributed by atoms with van der Waals surface area (Å²) in [5.74, 6) is -0.193. The largest absolute Gasteiger partial charge is 0.360 e. The zero-order valence-electron chi connectivity index (χ0n) is 11.8. The number of thioether (sulfide) groups is 1. The van der Waals surface area contributed by atoms with Crippen LogP contribution in [0.15, 0.2) is 41.4 Å². The number of aromatic nitrogens is 1. The summed E-state index contributed by atoms with van der Waals surface area (Å²) in [6.07, 6.45) is 3.88. The molecule has 100 valence electrons. The zero-order chi connectivity index (χ0) is 14.0. The van der Waals surface area contributed by atoms with E-state index in [0.717, 1.165) is 10.6 Å². The molecule has 0 aliphatic heterocycles. The maximum atomic E-state index is 13.4. The van der Waals surface area contributed by atoms with Crippen LogP contribution < -0.4 is 0 Å². The molecule has 18 heavy (non-hydrogen) atoms. The highest BCUT2D eigenvalue weighted by atomic mass is 32.2. The van der Waals surface area contributed by atoms with Crippen LogP contribution in [-0.2, 0) is 0 Å². The molecular formula is C15H22FNS. The number of benzene rings is 1. The van der Waals surface area contributed by atoms with Crippen LogP contribution in [0.5, 0.6) is 0 Å². The maximum Gasteiger partial charge on any atom is 0.132 e. The van der Waals surface area contributed by atoms with Crippen molar-refractivity contribution < 1.29 is 4.39 Å². The Hall–Kier alpha value is -1.22. The first-order valence-electron chi connectivity index (χ1n) is 6.28. The van der Waals surface area contributed by atoms with Crippen molar-refractivity contribution in [1.29, 1.82) is 0 Å². The van der Waals surface area contributed by atoms with Crippen molar-refractivity contribution in [3.63, 3.8) is 0 Å². The van der Waals surface area contributed by atoms with E-state index in [0.29, 0.717) is 5.56 Å². The molecule has 2 aromatic rings. The van der Waals surface area contributed by atoms with Gasteiger partial charge in [0.25, 0.3) is 0 Å². The fourth-order valence-electron chi connectivity index (χ4n) is 1.33. The molecule has 1 aromatic carbocycles. The van der Waals surface area contributed by atoms with Gasteiger partial charge in [-0.25, -0.2) is 4.39 Å². The van der Waals surface area contributed by atoms with E-state index in [1.807, 2.05) is 52.3 Å². The van der Waals surface area contributed by atoms with Gasteiger partial charge in [0.05, 0.1) is 0 Å². The Bertz CT molecular complexity index is 438. The first-order chi connectivity index (χ1) is 8.81. The third-order valence-corrected chi connectivity index (χ3v) is 2.76. The molecule has 0 saturated heterocycles. The first kappa shape index (κ1) is 16.8. The average molecular weight is 267 g/mol. The molecule has 1 N–H and O–H groups in total. The number of hydrogen-bond acceptors (Lipinski definition) is 1. The SMILES string of the molecule is CC.CC.CSc1c[nH]c(-c2ccccc2F)c1. The van der Waals surface area contributed by atoms with Gasteiger partial charge in [0.2, 0.25) is 0 Å². The molecule has 0 unspecified atom stereocenters. The molecule has 0 saturated carbocycles. The van der Waals surface area contributed by atoms with Crippen molar-refractivity contribution >= 4 is 11.8 Å². The molecule has 1 aromatic heterocycles. The maximum absolute atomic E-state index is 13.4. The van der Waals surface area contributed by atoms with Crippen LogP contribution in [0.25, 0.3) is 11.3 Å². The predicted octanol–water partition coefficient (Wildman–Crippen LogP) is 5.60. The summed E-state index contributed by atoms with van der Waals surface area (Å²) in [5, 5.41) is 0. The molecule has 0 spiro atoms. The number of nitrogens with one attached hydrogen (secondary N) is 1. The molecule has 0 bridgehead atoms. The standard InChI is InChI=1S/C11H10FNS.2C2H6/c1-14-8-6-11(13-7-8)9-4-2-3-5-10(9)12;2*1-2/h2-7,13H,1H3;2*1-2H3. The van der Waals surface area contributed by atoms with Gasteiger partial charge in [-0.05, 0) is 24.5 Å². The van der Waals surface area contributed by atoms with Crippen LogP contribution in [0.3, 0.4) is 0 Å². The van der Waals surface area contributed by atoms with E-state index in [4.69, 9.17) is 0 Å². The molecule has 0 aliphatic carbocycles. The van der Waals surface area contributed by atoms with Gasteiger partial charge in [0, 0.05) is 22.3 Å². The molecule has 1 heterocycles. The topological polar surface area (TPSA) is 15.8 Å². The van der Waals surface area contributed by atoms with Crippen LogP contribution in [0.2, 0.25) is 0 Å². The lowest BCUT2D eigenvalue weighted by Gasteiger charge is -1.98. The minimum absolute atomic E-state index is 0.193. The molecule has 3 heteroatoms. The Balaban J connectivity index is 0.000000659. The Morgan fingerprint density at radius 2 is 1.67 bits per heavy atom. The van der Waals surface area contributed by atoms with Gasteiger partial charge < -0.3 is 4.98 Å². The highest BCUT2D eigenvalue weighted by Crippen LogP contribution is 2.25. The van der Waals surface area contributed by atoms with Crippen LogP contribution >= 0.6 is 11.8 Å². The molecule has 0 radical (unpaired) electrons. The van der Waals surface area contributed by atoms with Crippen molar-refractivity contribution in [2.24, 2.45) is 0 Å². The smallest absolute Gasteiger partial charge is 0.132 e. The predicted molar refractivity (Wildman–Crippen MR) is 80.7 cm³/mol. The Morgan fingerprint density at radius 1 is 1.06 bits per heavy atom. The summed E-state index contributed by atoms with van der Waals surface area (Å²) >= 11 is 1.64. The quantitative estimate of drug-likeness (QED) is 0.701. The van der Waals surface area contributed by atoms with E-state index < -0.39 is 0 Å². The van der Waals surface area contributed by atoms with Crippen LogP contribution in [-0.4, -0.2) is 11.2 Å². The van der Waals surface area contributed by atoms with Crippen molar-refractivity contribution in [2.75, 3.05) is 6.26 Å². The number of rotatable bonds is 2. The van der Waals surface area contributed by atoms with Crippen LogP contribution in [0, 0.1) is 5.82 Å². The second-order valence-electron chi connectivity index (χ2n) is 2.93. The second kappa shape index (κ2) is 9.77. The van der Waals surface area contributed by atoms with Crippen LogP contribution in [0.1, 0.15) is 27.7 Å². The fraction of sp³-hybridized carbons (Fsp3) is 0.333. The van der Waals surface area contributed by atoms with Gasteiger partial charge >= 0.3 is 0 Å². The molecule has 0 fully saturated rings. The minimum atomic E-state index is -0.193. The highest BCUT2D eigenvalue weighted by molar-refractivity contribution is 7.98. The van der Waals surface area contributed by atoms with Gasteiger partial charge in [-0.15, -0.1) is 11.8 Å². The second-order valence-corrected chi connectivity index (χ2v) is 3.81. The van der Waals surface area contributed by atoms with Crippen molar-refractivity contribution in [1.82, 2.24) is 4.98 Å². The number of H-pyrrole nitrogens is 1. The van der Waals surface area contributed by atoms with Crippen molar-refractivity contribution in [3.8, 4) is 11.3 Å². The first-order valence-corrected chi connectivity index (χ1v) is 7.51. The van der Waals surface area contributed by atoms with E-state index >= 15 is 0 Å². The Morgan fingerprint density at radius 3 is 2.17 bits per heavy atom. The zero-order valence-corrected chi connectivity index (χ0v) is 12.6. The summed E-state index contributed by atoms with van der Waals surface area (Å²) < 4.78 is 13.4. The third-order valence-electron chi connectivity index (χ3n) is 2.06. The molecule has 1 nitrogen and oxygen atoms in total. The molecule has 0 aliphatic rings. The highest BCUT2D eigenvalue weighted by Gasteiger charge is 2.05. The van der Waals surface area contributed by atoms with E-state index in [1.54, 1.807) is 23.9 Å². The summed E-state index contributed by atoms with van der Waals surface area (Å²) in [6, 6.07) is 8.71. The van der Waals surface area contributed by atoms with Gasteiger partial charge in [0.15, 0.2) is 0 Å². The summed E-state index contributed by atoms with van der Waals surface area (Å²) in [4.78, 5) is 4.17. The molecule has 2 rings (SSSR count). The minimum Gasteiger partial charge on any atom is -0.360 e. The lowest BCUT2D eigenvalue weighted by Crippen LogP contribution is -1.81. The molecule has 0 amide bonds.